The average Bonchev–Trinajstić information content (AvgIpc) is 2.63. The van der Waals surface area contributed by atoms with Gasteiger partial charge in [0.15, 0.2) is 0 Å². The van der Waals surface area contributed by atoms with Crippen LogP contribution in [0.1, 0.15) is 22.3 Å². The van der Waals surface area contributed by atoms with Gasteiger partial charge in [-0.15, -0.1) is 0 Å². The normalized spacial score (nSPS) is 16.2. The van der Waals surface area contributed by atoms with Crippen molar-refractivity contribution in [2.24, 2.45) is 5.10 Å². The van der Waals surface area contributed by atoms with Gasteiger partial charge in [0.05, 0.1) is 26.2 Å². The molecule has 1 fully saturated rings. The zero-order chi connectivity index (χ0) is 17.5. The number of quaternary nitrogens is 1. The van der Waals surface area contributed by atoms with Crippen LogP contribution in [-0.2, 0) is 6.54 Å². The number of nitrogens with one attached hydrogen (secondary N) is 1. The highest BCUT2D eigenvalue weighted by molar-refractivity contribution is 5.77. The van der Waals surface area contributed by atoms with Gasteiger partial charge in [0.2, 0.25) is 0 Å². The molecule has 0 aliphatic carbocycles. The van der Waals surface area contributed by atoms with Crippen LogP contribution in [0.3, 0.4) is 0 Å². The molecule has 2 aromatic rings. The van der Waals surface area contributed by atoms with Crippen LogP contribution < -0.4 is 4.90 Å². The molecule has 1 heterocycles. The molecular formula is C22H28N3+. The topological polar surface area (TPSA) is 20.0 Å². The molecule has 0 amide bonds. The average molecular weight is 334 g/mol. The maximum absolute atomic E-state index is 4.58. The Morgan fingerprint density at radius 3 is 2.52 bits per heavy atom. The summed E-state index contributed by atoms with van der Waals surface area (Å²) in [6, 6.07) is 17.1. The van der Waals surface area contributed by atoms with E-state index in [0.29, 0.717) is 0 Å². The van der Waals surface area contributed by atoms with Gasteiger partial charge in [0.25, 0.3) is 0 Å². The summed E-state index contributed by atoms with van der Waals surface area (Å²) in [7, 11) is 0. The zero-order valence-electron chi connectivity index (χ0n) is 15.3. The highest BCUT2D eigenvalue weighted by atomic mass is 15.5. The van der Waals surface area contributed by atoms with Crippen molar-refractivity contribution in [1.82, 2.24) is 5.01 Å². The van der Waals surface area contributed by atoms with Gasteiger partial charge in [-0.2, -0.15) is 5.10 Å². The predicted octanol–water partition coefficient (Wildman–Crippen LogP) is 2.70. The standard InChI is InChI=1S/C22H27N3/c1-19-10-11-22(20(2)17-19)18-24-13-15-25(16-14-24)23-12-6-9-21-7-4-3-5-8-21/h3-12,17H,13-16,18H2,1-2H3/p+1. The van der Waals surface area contributed by atoms with E-state index in [4.69, 9.17) is 0 Å². The summed E-state index contributed by atoms with van der Waals surface area (Å²) >= 11 is 0. The van der Waals surface area contributed by atoms with Gasteiger partial charge in [-0.1, -0.05) is 60.2 Å². The number of hydrogen-bond acceptors (Lipinski definition) is 2. The number of allylic oxidation sites excluding steroid dienone is 1. The smallest absolute Gasteiger partial charge is 0.103 e. The van der Waals surface area contributed by atoms with E-state index in [1.54, 1.807) is 4.90 Å². The molecule has 0 unspecified atom stereocenters. The Hall–Kier alpha value is -2.39. The third-order valence-electron chi connectivity index (χ3n) is 4.79. The molecule has 1 saturated heterocycles. The van der Waals surface area contributed by atoms with Gasteiger partial charge < -0.3 is 4.90 Å². The van der Waals surface area contributed by atoms with Crippen molar-refractivity contribution in [2.45, 2.75) is 20.4 Å². The van der Waals surface area contributed by atoms with Crippen molar-refractivity contribution in [3.05, 3.63) is 76.9 Å². The highest BCUT2D eigenvalue weighted by Crippen LogP contribution is 2.09. The lowest BCUT2D eigenvalue weighted by Gasteiger charge is -2.30. The molecule has 2 aromatic carbocycles. The van der Waals surface area contributed by atoms with E-state index in [9.17, 15) is 0 Å². The van der Waals surface area contributed by atoms with E-state index >= 15 is 0 Å². The van der Waals surface area contributed by atoms with Crippen LogP contribution in [0.15, 0.2) is 59.7 Å². The van der Waals surface area contributed by atoms with E-state index in [1.807, 2.05) is 18.4 Å². The minimum Gasteiger partial charge on any atom is -0.328 e. The molecule has 0 atom stereocenters. The predicted molar refractivity (Wildman–Crippen MR) is 106 cm³/mol. The number of piperazine rings is 1. The Labute approximate surface area is 151 Å². The molecule has 3 heteroatoms. The number of hydrogen-bond donors (Lipinski definition) is 1. The summed E-state index contributed by atoms with van der Waals surface area (Å²) < 4.78 is 0. The maximum Gasteiger partial charge on any atom is 0.103 e. The van der Waals surface area contributed by atoms with Crippen LogP contribution >= 0.6 is 0 Å². The second-order valence-corrected chi connectivity index (χ2v) is 6.84. The first-order chi connectivity index (χ1) is 12.2. The third-order valence-corrected chi connectivity index (χ3v) is 4.79. The Kier molecular flexibility index (Phi) is 6.02. The minimum absolute atomic E-state index is 1.02. The number of nitrogens with zero attached hydrogens (tertiary/aromatic N) is 2. The second-order valence-electron chi connectivity index (χ2n) is 6.84. The highest BCUT2D eigenvalue weighted by Gasteiger charge is 2.19. The third kappa shape index (κ3) is 5.30. The van der Waals surface area contributed by atoms with Crippen molar-refractivity contribution in [3.8, 4) is 0 Å². The van der Waals surface area contributed by atoms with Crippen LogP contribution in [0.4, 0.5) is 0 Å². The van der Waals surface area contributed by atoms with Crippen LogP contribution in [0.25, 0.3) is 6.08 Å². The molecule has 0 bridgehead atoms. The molecule has 0 radical (unpaired) electrons. The summed E-state index contributed by atoms with van der Waals surface area (Å²) in [6.07, 6.45) is 6.01. The van der Waals surface area contributed by atoms with E-state index < -0.39 is 0 Å². The first-order valence-corrected chi connectivity index (χ1v) is 9.11. The minimum atomic E-state index is 1.02. The van der Waals surface area contributed by atoms with E-state index in [-0.39, 0.29) is 0 Å². The summed E-state index contributed by atoms with van der Waals surface area (Å²) in [6.45, 7) is 9.84. The monoisotopic (exact) mass is 334 g/mol. The maximum atomic E-state index is 4.58. The second kappa shape index (κ2) is 8.63. The fourth-order valence-corrected chi connectivity index (χ4v) is 3.27. The summed E-state index contributed by atoms with van der Waals surface area (Å²) in [4.78, 5) is 1.65. The first kappa shape index (κ1) is 17.4. The van der Waals surface area contributed by atoms with Crippen LogP contribution in [0.2, 0.25) is 0 Å². The van der Waals surface area contributed by atoms with Gasteiger partial charge >= 0.3 is 0 Å². The van der Waals surface area contributed by atoms with Crippen LogP contribution in [-0.4, -0.2) is 37.4 Å². The van der Waals surface area contributed by atoms with Crippen molar-refractivity contribution >= 4 is 12.3 Å². The molecule has 1 N–H and O–H groups in total. The van der Waals surface area contributed by atoms with Crippen molar-refractivity contribution in [1.29, 1.82) is 0 Å². The molecule has 3 nitrogen and oxygen atoms in total. The SMILES string of the molecule is Cc1ccc(C[NH+]2CCN(N=CC=Cc3ccccc3)CC2)c(C)c1. The molecule has 25 heavy (non-hydrogen) atoms. The van der Waals surface area contributed by atoms with Gasteiger partial charge in [-0.25, -0.2) is 0 Å². The number of benzene rings is 2. The molecule has 0 saturated carbocycles. The van der Waals surface area contributed by atoms with Crippen molar-refractivity contribution in [2.75, 3.05) is 26.2 Å². The quantitative estimate of drug-likeness (QED) is 0.834. The summed E-state index contributed by atoms with van der Waals surface area (Å²) in [5.41, 5.74) is 5.44. The first-order valence-electron chi connectivity index (χ1n) is 9.11. The Bertz CT molecular complexity index is 726. The van der Waals surface area contributed by atoms with Crippen molar-refractivity contribution < 1.29 is 4.90 Å². The Balaban J connectivity index is 1.45. The largest absolute Gasteiger partial charge is 0.328 e. The lowest BCUT2D eigenvalue weighted by atomic mass is 10.1. The Morgan fingerprint density at radius 1 is 1.04 bits per heavy atom. The lowest BCUT2D eigenvalue weighted by molar-refractivity contribution is -0.918. The van der Waals surface area contributed by atoms with E-state index in [0.717, 1.165) is 32.7 Å². The zero-order valence-corrected chi connectivity index (χ0v) is 15.3. The Morgan fingerprint density at radius 2 is 1.80 bits per heavy atom. The fraction of sp³-hybridized carbons (Fsp3) is 0.318. The molecule has 130 valence electrons. The van der Waals surface area contributed by atoms with Gasteiger partial charge in [-0.05, 0) is 31.1 Å². The van der Waals surface area contributed by atoms with Crippen LogP contribution in [0.5, 0.6) is 0 Å². The number of aryl methyl sites for hydroxylation is 2. The molecule has 0 aromatic heterocycles. The van der Waals surface area contributed by atoms with E-state index in [2.05, 4.69) is 72.5 Å². The number of hydrazone groups is 1. The molecule has 1 aliphatic rings. The van der Waals surface area contributed by atoms with Crippen LogP contribution in [0, 0.1) is 13.8 Å². The molecular weight excluding hydrogens is 306 g/mol. The van der Waals surface area contributed by atoms with E-state index in [1.165, 1.54) is 22.3 Å². The summed E-state index contributed by atoms with van der Waals surface area (Å²) in [5, 5.41) is 6.76. The number of rotatable bonds is 5. The molecule has 3 rings (SSSR count). The van der Waals surface area contributed by atoms with Gasteiger partial charge in [0, 0.05) is 11.8 Å². The summed E-state index contributed by atoms with van der Waals surface area (Å²) in [5.74, 6) is 0. The lowest BCUT2D eigenvalue weighted by Crippen LogP contribution is -3.13. The van der Waals surface area contributed by atoms with Gasteiger partial charge in [0.1, 0.15) is 6.54 Å². The van der Waals surface area contributed by atoms with Crippen molar-refractivity contribution in [3.63, 3.8) is 0 Å². The van der Waals surface area contributed by atoms with Gasteiger partial charge in [-0.3, -0.25) is 5.01 Å². The molecule has 0 spiro atoms. The molecule has 1 aliphatic heterocycles. The fourth-order valence-electron chi connectivity index (χ4n) is 3.27.